The Bertz CT molecular complexity index is 484. The number of halogens is 1. The molecule has 17 heavy (non-hydrogen) atoms. The van der Waals surface area contributed by atoms with Crippen molar-refractivity contribution >= 4 is 22.9 Å². The average Bonchev–Trinajstić information content (AvgIpc) is 2.84. The van der Waals surface area contributed by atoms with E-state index in [2.05, 4.69) is 22.1 Å². The van der Waals surface area contributed by atoms with Gasteiger partial charge in [-0.3, -0.25) is 0 Å². The molecule has 1 heterocycles. The molecule has 0 aliphatic heterocycles. The minimum absolute atomic E-state index is 0.106. The summed E-state index contributed by atoms with van der Waals surface area (Å²) in [5, 5.41) is 8.20. The molecule has 0 fully saturated rings. The molecule has 0 saturated heterocycles. The Balaban J connectivity index is 2.46. The molecular weight excluding hydrogens is 254 g/mol. The van der Waals surface area contributed by atoms with E-state index in [0.717, 1.165) is 16.3 Å². The molecule has 0 aliphatic rings. The fourth-order valence-electron chi connectivity index (χ4n) is 1.87. The zero-order valence-electron chi connectivity index (χ0n) is 9.74. The first kappa shape index (κ1) is 12.4. The van der Waals surface area contributed by atoms with Crippen molar-refractivity contribution in [1.82, 2.24) is 5.32 Å². The normalized spacial score (nSPS) is 12.4. The van der Waals surface area contributed by atoms with E-state index in [-0.39, 0.29) is 6.04 Å². The van der Waals surface area contributed by atoms with E-state index in [1.54, 1.807) is 18.4 Å². The second-order valence-corrected chi connectivity index (χ2v) is 4.88. The maximum absolute atomic E-state index is 6.06. The molecule has 0 bridgehead atoms. The standard InChI is InChI=1S/C13H14ClNOS/c1-15-13(9-5-6-17-8-9)11-7-10(14)3-4-12(11)16-2/h3-8,13,15H,1-2H3. The van der Waals surface area contributed by atoms with Crippen LogP contribution in [0.15, 0.2) is 35.0 Å². The molecule has 2 rings (SSSR count). The van der Waals surface area contributed by atoms with Crippen molar-refractivity contribution in [2.24, 2.45) is 0 Å². The van der Waals surface area contributed by atoms with Gasteiger partial charge < -0.3 is 10.1 Å². The molecule has 1 aromatic carbocycles. The molecule has 0 aliphatic carbocycles. The van der Waals surface area contributed by atoms with E-state index in [4.69, 9.17) is 16.3 Å². The Hall–Kier alpha value is -1.03. The third kappa shape index (κ3) is 2.63. The SMILES string of the molecule is CNC(c1ccsc1)c1cc(Cl)ccc1OC. The van der Waals surface area contributed by atoms with E-state index in [1.807, 2.05) is 25.2 Å². The fraction of sp³-hybridized carbons (Fsp3) is 0.231. The predicted molar refractivity (Wildman–Crippen MR) is 73.2 cm³/mol. The number of hydrogen-bond acceptors (Lipinski definition) is 3. The molecule has 1 aromatic heterocycles. The zero-order chi connectivity index (χ0) is 12.3. The average molecular weight is 268 g/mol. The molecule has 2 aromatic rings. The van der Waals surface area contributed by atoms with E-state index in [1.165, 1.54) is 5.56 Å². The summed E-state index contributed by atoms with van der Waals surface area (Å²) in [6.07, 6.45) is 0. The van der Waals surface area contributed by atoms with Gasteiger partial charge in [-0.2, -0.15) is 11.3 Å². The molecule has 2 nitrogen and oxygen atoms in total. The number of nitrogens with one attached hydrogen (secondary N) is 1. The molecule has 0 radical (unpaired) electrons. The van der Waals surface area contributed by atoms with Gasteiger partial charge in [0.1, 0.15) is 5.75 Å². The van der Waals surface area contributed by atoms with Crippen LogP contribution in [0, 0.1) is 0 Å². The lowest BCUT2D eigenvalue weighted by atomic mass is 10.0. The van der Waals surface area contributed by atoms with E-state index in [9.17, 15) is 0 Å². The summed E-state index contributed by atoms with van der Waals surface area (Å²) < 4.78 is 5.39. The molecule has 0 amide bonds. The monoisotopic (exact) mass is 267 g/mol. The van der Waals surface area contributed by atoms with Gasteiger partial charge >= 0.3 is 0 Å². The summed E-state index contributed by atoms with van der Waals surface area (Å²) in [5.41, 5.74) is 2.28. The Morgan fingerprint density at radius 2 is 2.18 bits per heavy atom. The van der Waals surface area contributed by atoms with Crippen LogP contribution < -0.4 is 10.1 Å². The summed E-state index contributed by atoms with van der Waals surface area (Å²) in [7, 11) is 3.61. The highest BCUT2D eigenvalue weighted by Crippen LogP contribution is 2.32. The maximum atomic E-state index is 6.06. The lowest BCUT2D eigenvalue weighted by molar-refractivity contribution is 0.405. The molecule has 0 saturated carbocycles. The van der Waals surface area contributed by atoms with Crippen molar-refractivity contribution < 1.29 is 4.74 Å². The van der Waals surface area contributed by atoms with Crippen molar-refractivity contribution in [2.45, 2.75) is 6.04 Å². The third-order valence-electron chi connectivity index (χ3n) is 2.67. The Morgan fingerprint density at radius 3 is 2.76 bits per heavy atom. The van der Waals surface area contributed by atoms with Gasteiger partial charge in [-0.05, 0) is 47.6 Å². The first-order valence-electron chi connectivity index (χ1n) is 5.29. The minimum atomic E-state index is 0.106. The van der Waals surface area contributed by atoms with E-state index in [0.29, 0.717) is 0 Å². The lowest BCUT2D eigenvalue weighted by Crippen LogP contribution is -2.17. The van der Waals surface area contributed by atoms with Gasteiger partial charge in [0.25, 0.3) is 0 Å². The summed E-state index contributed by atoms with van der Waals surface area (Å²) in [6.45, 7) is 0. The number of benzene rings is 1. The van der Waals surface area contributed by atoms with Crippen molar-refractivity contribution in [1.29, 1.82) is 0 Å². The van der Waals surface area contributed by atoms with Gasteiger partial charge in [-0.1, -0.05) is 11.6 Å². The molecule has 0 spiro atoms. The van der Waals surface area contributed by atoms with E-state index < -0.39 is 0 Å². The molecule has 90 valence electrons. The third-order valence-corrected chi connectivity index (χ3v) is 3.60. The topological polar surface area (TPSA) is 21.3 Å². The highest BCUT2D eigenvalue weighted by Gasteiger charge is 2.17. The van der Waals surface area contributed by atoms with Crippen LogP contribution >= 0.6 is 22.9 Å². The maximum Gasteiger partial charge on any atom is 0.124 e. The Morgan fingerprint density at radius 1 is 1.35 bits per heavy atom. The number of thiophene rings is 1. The highest BCUT2D eigenvalue weighted by atomic mass is 35.5. The molecule has 1 N–H and O–H groups in total. The molecule has 1 unspecified atom stereocenters. The highest BCUT2D eigenvalue weighted by molar-refractivity contribution is 7.08. The molecular formula is C13H14ClNOS. The Labute approximate surface area is 110 Å². The second kappa shape index (κ2) is 5.54. The van der Waals surface area contributed by atoms with Crippen molar-refractivity contribution in [3.05, 3.63) is 51.2 Å². The van der Waals surface area contributed by atoms with Crippen LogP contribution in [-0.2, 0) is 0 Å². The largest absolute Gasteiger partial charge is 0.496 e. The van der Waals surface area contributed by atoms with Crippen molar-refractivity contribution in [2.75, 3.05) is 14.2 Å². The van der Waals surface area contributed by atoms with Gasteiger partial charge in [-0.25, -0.2) is 0 Å². The smallest absolute Gasteiger partial charge is 0.124 e. The van der Waals surface area contributed by atoms with Crippen LogP contribution in [0.2, 0.25) is 5.02 Å². The zero-order valence-corrected chi connectivity index (χ0v) is 11.3. The first-order valence-corrected chi connectivity index (χ1v) is 6.61. The van der Waals surface area contributed by atoms with Crippen LogP contribution in [-0.4, -0.2) is 14.2 Å². The fourth-order valence-corrected chi connectivity index (χ4v) is 2.74. The second-order valence-electron chi connectivity index (χ2n) is 3.66. The minimum Gasteiger partial charge on any atom is -0.496 e. The van der Waals surface area contributed by atoms with Crippen LogP contribution in [0.25, 0.3) is 0 Å². The van der Waals surface area contributed by atoms with Crippen LogP contribution in [0.5, 0.6) is 5.75 Å². The molecule has 1 atom stereocenters. The van der Waals surface area contributed by atoms with Gasteiger partial charge in [-0.15, -0.1) is 0 Å². The van der Waals surface area contributed by atoms with Crippen molar-refractivity contribution in [3.63, 3.8) is 0 Å². The van der Waals surface area contributed by atoms with Gasteiger partial charge in [0.05, 0.1) is 13.2 Å². The quantitative estimate of drug-likeness (QED) is 0.912. The predicted octanol–water partition coefficient (Wildman–Crippen LogP) is 3.72. The summed E-state index contributed by atoms with van der Waals surface area (Å²) in [6, 6.07) is 7.89. The first-order chi connectivity index (χ1) is 8.26. The van der Waals surface area contributed by atoms with Crippen LogP contribution in [0.1, 0.15) is 17.2 Å². The number of hydrogen-bond donors (Lipinski definition) is 1. The van der Waals surface area contributed by atoms with Gasteiger partial charge in [0.2, 0.25) is 0 Å². The van der Waals surface area contributed by atoms with Gasteiger partial charge in [0, 0.05) is 10.6 Å². The lowest BCUT2D eigenvalue weighted by Gasteiger charge is -2.18. The van der Waals surface area contributed by atoms with Crippen molar-refractivity contribution in [3.8, 4) is 5.75 Å². The van der Waals surface area contributed by atoms with Crippen LogP contribution in [0.4, 0.5) is 0 Å². The van der Waals surface area contributed by atoms with Crippen LogP contribution in [0.3, 0.4) is 0 Å². The van der Waals surface area contributed by atoms with Gasteiger partial charge in [0.15, 0.2) is 0 Å². The Kier molecular flexibility index (Phi) is 4.05. The van der Waals surface area contributed by atoms with E-state index >= 15 is 0 Å². The summed E-state index contributed by atoms with van der Waals surface area (Å²) >= 11 is 7.74. The molecule has 4 heteroatoms. The summed E-state index contributed by atoms with van der Waals surface area (Å²) in [5.74, 6) is 0.847. The number of methoxy groups -OCH3 is 1. The number of ether oxygens (including phenoxy) is 1. The number of rotatable bonds is 4. The summed E-state index contributed by atoms with van der Waals surface area (Å²) in [4.78, 5) is 0.